The molecule has 0 bridgehead atoms. The van der Waals surface area contributed by atoms with Crippen LogP contribution in [-0.4, -0.2) is 6.04 Å². The summed E-state index contributed by atoms with van der Waals surface area (Å²) in [5, 5.41) is 6.06. The average Bonchev–Trinajstić information content (AvgIpc) is 2.85. The van der Waals surface area contributed by atoms with E-state index in [1.807, 2.05) is 11.3 Å². The second-order valence-electron chi connectivity index (χ2n) is 5.42. The minimum Gasteiger partial charge on any atom is -0.306 e. The number of nitrogens with one attached hydrogen (secondary N) is 1. The predicted octanol–water partition coefficient (Wildman–Crippen LogP) is 4.22. The maximum atomic E-state index is 3.88. The van der Waals surface area contributed by atoms with Crippen LogP contribution in [0, 0.1) is 11.8 Å². The van der Waals surface area contributed by atoms with Gasteiger partial charge in [0.15, 0.2) is 0 Å². The molecule has 16 heavy (non-hydrogen) atoms. The summed E-state index contributed by atoms with van der Waals surface area (Å²) in [6, 6.07) is 5.71. The molecule has 1 saturated carbocycles. The number of hydrogen-bond donors (Lipinski definition) is 1. The fourth-order valence-corrected chi connectivity index (χ4v) is 3.65. The lowest BCUT2D eigenvalue weighted by Gasteiger charge is -2.27. The van der Waals surface area contributed by atoms with Crippen LogP contribution in [0.4, 0.5) is 0 Å². The highest BCUT2D eigenvalue weighted by Gasteiger charge is 2.27. The number of thiophene rings is 1. The molecule has 1 heterocycles. The van der Waals surface area contributed by atoms with E-state index in [9.17, 15) is 0 Å². The molecule has 1 aliphatic carbocycles. The maximum absolute atomic E-state index is 3.88. The fourth-order valence-electron chi connectivity index (χ4n) is 2.70. The van der Waals surface area contributed by atoms with Crippen molar-refractivity contribution in [3.8, 4) is 0 Å². The molecule has 2 rings (SSSR count). The summed E-state index contributed by atoms with van der Waals surface area (Å²) in [4.78, 5) is 1.49. The molecule has 1 nitrogen and oxygen atoms in total. The molecule has 0 amide bonds. The zero-order chi connectivity index (χ0) is 11.5. The largest absolute Gasteiger partial charge is 0.306 e. The summed E-state index contributed by atoms with van der Waals surface area (Å²) in [5.74, 6) is 1.52. The Morgan fingerprint density at radius 2 is 2.19 bits per heavy atom. The van der Waals surface area contributed by atoms with E-state index in [-0.39, 0.29) is 0 Å². The van der Waals surface area contributed by atoms with Crippen molar-refractivity contribution in [2.75, 3.05) is 0 Å². The lowest BCUT2D eigenvalue weighted by molar-refractivity contribution is 0.326. The van der Waals surface area contributed by atoms with E-state index in [1.54, 1.807) is 0 Å². The highest BCUT2D eigenvalue weighted by molar-refractivity contribution is 7.10. The Balaban J connectivity index is 2.03. The third kappa shape index (κ3) is 2.67. The predicted molar refractivity (Wildman–Crippen MR) is 71.8 cm³/mol. The van der Waals surface area contributed by atoms with Crippen LogP contribution in [0.15, 0.2) is 17.5 Å². The van der Waals surface area contributed by atoms with Gasteiger partial charge in [0.05, 0.1) is 0 Å². The molecule has 1 aromatic rings. The molecular formula is C14H23NS. The fraction of sp³-hybridized carbons (Fsp3) is 0.714. The standard InChI is InChI=1S/C14H23NS/c1-10(2)14(13-8-5-9-16-13)15-12-7-4-6-11(12)3/h5,8-12,14-15H,4,6-7H2,1-3H3. The van der Waals surface area contributed by atoms with Gasteiger partial charge in [0, 0.05) is 17.0 Å². The topological polar surface area (TPSA) is 12.0 Å². The summed E-state index contributed by atoms with van der Waals surface area (Å²) < 4.78 is 0. The van der Waals surface area contributed by atoms with E-state index in [0.717, 1.165) is 12.0 Å². The van der Waals surface area contributed by atoms with Gasteiger partial charge >= 0.3 is 0 Å². The first kappa shape index (κ1) is 12.1. The van der Waals surface area contributed by atoms with E-state index in [4.69, 9.17) is 0 Å². The number of rotatable bonds is 4. The molecule has 1 aromatic heterocycles. The first-order valence-electron chi connectivity index (χ1n) is 6.48. The zero-order valence-electron chi connectivity index (χ0n) is 10.6. The SMILES string of the molecule is CC(C)C(NC1CCCC1C)c1cccs1. The Morgan fingerprint density at radius 1 is 1.38 bits per heavy atom. The van der Waals surface area contributed by atoms with Crippen LogP contribution in [0.5, 0.6) is 0 Å². The van der Waals surface area contributed by atoms with Gasteiger partial charge in [-0.05, 0) is 36.1 Å². The van der Waals surface area contributed by atoms with Crippen molar-refractivity contribution in [1.29, 1.82) is 0 Å². The van der Waals surface area contributed by atoms with Crippen LogP contribution in [-0.2, 0) is 0 Å². The minimum atomic E-state index is 0.547. The quantitative estimate of drug-likeness (QED) is 0.826. The van der Waals surface area contributed by atoms with Crippen molar-refractivity contribution in [3.05, 3.63) is 22.4 Å². The van der Waals surface area contributed by atoms with Gasteiger partial charge in [-0.25, -0.2) is 0 Å². The first-order chi connectivity index (χ1) is 7.68. The molecule has 3 unspecified atom stereocenters. The highest BCUT2D eigenvalue weighted by Crippen LogP contribution is 2.31. The maximum Gasteiger partial charge on any atom is 0.0440 e. The van der Waals surface area contributed by atoms with Gasteiger partial charge < -0.3 is 5.32 Å². The van der Waals surface area contributed by atoms with Crippen molar-refractivity contribution < 1.29 is 0 Å². The minimum absolute atomic E-state index is 0.547. The zero-order valence-corrected chi connectivity index (χ0v) is 11.4. The lowest BCUT2D eigenvalue weighted by Crippen LogP contribution is -2.36. The van der Waals surface area contributed by atoms with Crippen molar-refractivity contribution in [1.82, 2.24) is 5.32 Å². The summed E-state index contributed by atoms with van der Waals surface area (Å²) >= 11 is 1.88. The van der Waals surface area contributed by atoms with Crippen molar-refractivity contribution in [2.45, 2.75) is 52.1 Å². The van der Waals surface area contributed by atoms with Crippen molar-refractivity contribution in [2.24, 2.45) is 11.8 Å². The highest BCUT2D eigenvalue weighted by atomic mass is 32.1. The Labute approximate surface area is 103 Å². The van der Waals surface area contributed by atoms with Crippen LogP contribution in [0.1, 0.15) is 51.0 Å². The molecular weight excluding hydrogens is 214 g/mol. The third-order valence-electron chi connectivity index (χ3n) is 3.77. The van der Waals surface area contributed by atoms with Gasteiger partial charge in [0.2, 0.25) is 0 Å². The van der Waals surface area contributed by atoms with Gasteiger partial charge in [0.25, 0.3) is 0 Å². The van der Waals surface area contributed by atoms with Crippen LogP contribution in [0.3, 0.4) is 0 Å². The lowest BCUT2D eigenvalue weighted by atomic mass is 9.98. The molecule has 2 heteroatoms. The van der Waals surface area contributed by atoms with Gasteiger partial charge in [-0.15, -0.1) is 11.3 Å². The van der Waals surface area contributed by atoms with Crippen LogP contribution in [0.25, 0.3) is 0 Å². The van der Waals surface area contributed by atoms with Gasteiger partial charge in [-0.2, -0.15) is 0 Å². The molecule has 0 spiro atoms. The van der Waals surface area contributed by atoms with Gasteiger partial charge in [-0.3, -0.25) is 0 Å². The van der Waals surface area contributed by atoms with E-state index >= 15 is 0 Å². The smallest absolute Gasteiger partial charge is 0.0440 e. The summed E-state index contributed by atoms with van der Waals surface area (Å²) in [5.41, 5.74) is 0. The monoisotopic (exact) mass is 237 g/mol. The summed E-state index contributed by atoms with van der Waals surface area (Å²) in [6.07, 6.45) is 4.15. The summed E-state index contributed by atoms with van der Waals surface area (Å²) in [7, 11) is 0. The average molecular weight is 237 g/mol. The molecule has 0 radical (unpaired) electrons. The first-order valence-corrected chi connectivity index (χ1v) is 7.36. The Morgan fingerprint density at radius 3 is 2.69 bits per heavy atom. The molecule has 1 fully saturated rings. The Bertz CT molecular complexity index is 305. The normalized spacial score (nSPS) is 27.5. The Hall–Kier alpha value is -0.340. The van der Waals surface area contributed by atoms with E-state index in [0.29, 0.717) is 12.0 Å². The summed E-state index contributed by atoms with van der Waals surface area (Å²) in [6.45, 7) is 7.02. The van der Waals surface area contributed by atoms with Gasteiger partial charge in [-0.1, -0.05) is 33.3 Å². The van der Waals surface area contributed by atoms with E-state index < -0.39 is 0 Å². The van der Waals surface area contributed by atoms with Crippen LogP contribution in [0.2, 0.25) is 0 Å². The second kappa shape index (κ2) is 5.33. The van der Waals surface area contributed by atoms with Crippen LogP contribution < -0.4 is 5.32 Å². The molecule has 0 aliphatic heterocycles. The second-order valence-corrected chi connectivity index (χ2v) is 6.40. The van der Waals surface area contributed by atoms with E-state index in [2.05, 4.69) is 43.6 Å². The third-order valence-corrected chi connectivity index (χ3v) is 4.73. The Kier molecular flexibility index (Phi) is 4.04. The molecule has 90 valence electrons. The molecule has 1 N–H and O–H groups in total. The molecule has 0 saturated heterocycles. The molecule has 0 aromatic carbocycles. The number of hydrogen-bond acceptors (Lipinski definition) is 2. The molecule has 3 atom stereocenters. The van der Waals surface area contributed by atoms with Crippen molar-refractivity contribution in [3.63, 3.8) is 0 Å². The van der Waals surface area contributed by atoms with Crippen molar-refractivity contribution >= 4 is 11.3 Å². The van der Waals surface area contributed by atoms with Crippen LogP contribution >= 0.6 is 11.3 Å². The van der Waals surface area contributed by atoms with E-state index in [1.165, 1.54) is 24.1 Å². The van der Waals surface area contributed by atoms with Gasteiger partial charge in [0.1, 0.15) is 0 Å². The molecule has 1 aliphatic rings.